The standard InChI is InChI=1S/C29H42O9/c1-27-8-5-17(37-26-25(34)24(33)23(32)21(13-30)38-26)12-16(27)3-4-20-19(27)6-9-28(2)18(7-10-29(20,28)35)15-11-22(31)36-14-15/h3,11,17-21,23-26,30,32-35H,4-10,12-14H2,1-2H3/t17-,18+,19?,20+,21+,23+,24-,25+,26+,27-,28+,29-/m0/s1. The predicted octanol–water partition coefficient (Wildman–Crippen LogP) is 1.35. The highest BCUT2D eigenvalue weighted by Gasteiger charge is 2.67. The molecule has 9 nitrogen and oxygen atoms in total. The van der Waals surface area contributed by atoms with Gasteiger partial charge in [-0.2, -0.15) is 0 Å². The second kappa shape index (κ2) is 9.36. The third-order valence-electron chi connectivity index (χ3n) is 11.6. The molecule has 2 heterocycles. The lowest BCUT2D eigenvalue weighted by Crippen LogP contribution is -2.61. The van der Waals surface area contributed by atoms with Gasteiger partial charge in [-0.05, 0) is 80.1 Å². The third-order valence-corrected chi connectivity index (χ3v) is 11.6. The molecule has 5 N–H and O–H groups in total. The van der Waals surface area contributed by atoms with E-state index in [1.54, 1.807) is 6.08 Å². The Kier molecular flexibility index (Phi) is 6.62. The molecule has 6 aliphatic rings. The fourth-order valence-corrected chi connectivity index (χ4v) is 9.26. The molecule has 9 heteroatoms. The summed E-state index contributed by atoms with van der Waals surface area (Å²) in [6, 6.07) is 0. The largest absolute Gasteiger partial charge is 0.458 e. The van der Waals surface area contributed by atoms with Crippen molar-refractivity contribution < 1.29 is 44.5 Å². The number of hydrogen-bond acceptors (Lipinski definition) is 9. The fourth-order valence-electron chi connectivity index (χ4n) is 9.26. The van der Waals surface area contributed by atoms with E-state index >= 15 is 0 Å². The Morgan fingerprint density at radius 3 is 2.53 bits per heavy atom. The molecule has 38 heavy (non-hydrogen) atoms. The highest BCUT2D eigenvalue weighted by molar-refractivity contribution is 5.85. The molecule has 0 aromatic rings. The van der Waals surface area contributed by atoms with Gasteiger partial charge in [-0.15, -0.1) is 0 Å². The molecular weight excluding hydrogens is 492 g/mol. The Balaban J connectivity index is 1.19. The maximum Gasteiger partial charge on any atom is 0.331 e. The quantitative estimate of drug-likeness (QED) is 0.266. The number of aliphatic hydroxyl groups excluding tert-OH is 4. The zero-order chi connectivity index (χ0) is 27.0. The minimum atomic E-state index is -1.45. The van der Waals surface area contributed by atoms with Gasteiger partial charge in [0.1, 0.15) is 31.0 Å². The number of hydrogen-bond donors (Lipinski definition) is 5. The van der Waals surface area contributed by atoms with Crippen molar-refractivity contribution in [3.63, 3.8) is 0 Å². The Labute approximate surface area is 223 Å². The number of fused-ring (bicyclic) bond motifs is 5. The van der Waals surface area contributed by atoms with Crippen molar-refractivity contribution in [2.75, 3.05) is 13.2 Å². The Hall–Kier alpha value is -1.33. The molecule has 1 saturated heterocycles. The minimum absolute atomic E-state index is 0.0565. The second-order valence-corrected chi connectivity index (χ2v) is 13.1. The van der Waals surface area contributed by atoms with Crippen molar-refractivity contribution in [3.05, 3.63) is 23.3 Å². The van der Waals surface area contributed by atoms with Crippen LogP contribution < -0.4 is 0 Å². The van der Waals surface area contributed by atoms with Crippen LogP contribution in [0.15, 0.2) is 23.3 Å². The monoisotopic (exact) mass is 534 g/mol. The van der Waals surface area contributed by atoms with Crippen LogP contribution in [0.1, 0.15) is 65.2 Å². The molecular formula is C29H42O9. The van der Waals surface area contributed by atoms with Gasteiger partial charge in [0, 0.05) is 11.5 Å². The first-order valence-corrected chi connectivity index (χ1v) is 14.3. The Bertz CT molecular complexity index is 1020. The number of carbonyl (C=O) groups is 1. The highest BCUT2D eigenvalue weighted by atomic mass is 16.7. The van der Waals surface area contributed by atoms with Crippen LogP contribution in [0.2, 0.25) is 0 Å². The summed E-state index contributed by atoms with van der Waals surface area (Å²) in [6.07, 6.45) is 4.01. The van der Waals surface area contributed by atoms with Crippen LogP contribution in [-0.4, -0.2) is 87.1 Å². The van der Waals surface area contributed by atoms with Gasteiger partial charge in [0.2, 0.25) is 0 Å². The molecule has 0 aromatic carbocycles. The van der Waals surface area contributed by atoms with E-state index in [1.807, 2.05) is 0 Å². The van der Waals surface area contributed by atoms with Crippen LogP contribution in [-0.2, 0) is 19.0 Å². The average molecular weight is 535 g/mol. The molecule has 12 atom stereocenters. The molecule has 0 aromatic heterocycles. The van der Waals surface area contributed by atoms with E-state index in [4.69, 9.17) is 14.2 Å². The molecule has 2 aliphatic heterocycles. The first-order chi connectivity index (χ1) is 18.0. The summed E-state index contributed by atoms with van der Waals surface area (Å²) in [5.74, 6) is 0.401. The van der Waals surface area contributed by atoms with E-state index < -0.39 is 42.9 Å². The maximum atomic E-state index is 12.3. The lowest BCUT2D eigenvalue weighted by Gasteiger charge is -2.61. The lowest BCUT2D eigenvalue weighted by molar-refractivity contribution is -0.313. The number of ether oxygens (including phenoxy) is 3. The number of rotatable bonds is 4. The van der Waals surface area contributed by atoms with E-state index in [-0.39, 0.29) is 34.7 Å². The van der Waals surface area contributed by atoms with Crippen LogP contribution in [0.5, 0.6) is 0 Å². The predicted molar refractivity (Wildman–Crippen MR) is 134 cm³/mol. The van der Waals surface area contributed by atoms with Gasteiger partial charge in [0.05, 0.1) is 18.3 Å². The maximum absolute atomic E-state index is 12.3. The fraction of sp³-hybridized carbons (Fsp3) is 0.828. The number of aliphatic hydroxyl groups is 5. The highest BCUT2D eigenvalue weighted by Crippen LogP contribution is 2.69. The van der Waals surface area contributed by atoms with E-state index in [0.717, 1.165) is 50.5 Å². The first-order valence-electron chi connectivity index (χ1n) is 14.3. The molecule has 6 rings (SSSR count). The second-order valence-electron chi connectivity index (χ2n) is 13.1. The van der Waals surface area contributed by atoms with Gasteiger partial charge in [0.15, 0.2) is 6.29 Å². The van der Waals surface area contributed by atoms with Crippen LogP contribution in [0.3, 0.4) is 0 Å². The van der Waals surface area contributed by atoms with Crippen molar-refractivity contribution in [3.8, 4) is 0 Å². The zero-order valence-electron chi connectivity index (χ0n) is 22.3. The van der Waals surface area contributed by atoms with E-state index in [1.165, 1.54) is 5.57 Å². The van der Waals surface area contributed by atoms with Crippen molar-refractivity contribution in [1.82, 2.24) is 0 Å². The molecule has 4 aliphatic carbocycles. The summed E-state index contributed by atoms with van der Waals surface area (Å²) >= 11 is 0. The Morgan fingerprint density at radius 1 is 1.03 bits per heavy atom. The van der Waals surface area contributed by atoms with Crippen LogP contribution in [0.25, 0.3) is 0 Å². The van der Waals surface area contributed by atoms with Crippen LogP contribution in [0, 0.1) is 28.6 Å². The van der Waals surface area contributed by atoms with Crippen molar-refractivity contribution in [1.29, 1.82) is 0 Å². The SMILES string of the molecule is C[C@]12CC[C@H](O[C@@H]3O[C@H](CO)[C@@H](O)[C@H](O)[C@H]3O)CC1=CC[C@@H]1C2CC[C@]2(C)[C@@H](C3=CC(=O)OC3)CC[C@]12O. The minimum Gasteiger partial charge on any atom is -0.458 e. The summed E-state index contributed by atoms with van der Waals surface area (Å²) in [7, 11) is 0. The zero-order valence-corrected chi connectivity index (χ0v) is 22.3. The molecule has 3 saturated carbocycles. The molecule has 4 fully saturated rings. The summed E-state index contributed by atoms with van der Waals surface area (Å²) in [5, 5.41) is 52.5. The molecule has 0 amide bonds. The first kappa shape index (κ1) is 26.9. The molecule has 0 bridgehead atoms. The van der Waals surface area contributed by atoms with Crippen LogP contribution >= 0.6 is 0 Å². The summed E-state index contributed by atoms with van der Waals surface area (Å²) in [6.45, 7) is 4.41. The van der Waals surface area contributed by atoms with Crippen LogP contribution in [0.4, 0.5) is 0 Å². The van der Waals surface area contributed by atoms with Crippen molar-refractivity contribution in [2.24, 2.45) is 28.6 Å². The van der Waals surface area contributed by atoms with Gasteiger partial charge < -0.3 is 39.7 Å². The van der Waals surface area contributed by atoms with Gasteiger partial charge in [-0.3, -0.25) is 0 Å². The number of esters is 1. The molecule has 0 radical (unpaired) electrons. The molecule has 1 unspecified atom stereocenters. The summed E-state index contributed by atoms with van der Waals surface area (Å²) in [5.41, 5.74) is 1.23. The topological polar surface area (TPSA) is 146 Å². The lowest BCUT2D eigenvalue weighted by atomic mass is 9.45. The van der Waals surface area contributed by atoms with Gasteiger partial charge >= 0.3 is 5.97 Å². The molecule has 0 spiro atoms. The number of carbonyl (C=O) groups excluding carboxylic acids is 1. The van der Waals surface area contributed by atoms with E-state index in [0.29, 0.717) is 18.9 Å². The Morgan fingerprint density at radius 2 is 1.82 bits per heavy atom. The van der Waals surface area contributed by atoms with Crippen molar-refractivity contribution >= 4 is 5.97 Å². The third kappa shape index (κ3) is 3.80. The summed E-state index contributed by atoms with van der Waals surface area (Å²) < 4.78 is 16.9. The average Bonchev–Trinajstić information content (AvgIpc) is 3.44. The van der Waals surface area contributed by atoms with Gasteiger partial charge in [-0.25, -0.2) is 4.79 Å². The van der Waals surface area contributed by atoms with Gasteiger partial charge in [0.25, 0.3) is 0 Å². The normalized spacial score (nSPS) is 52.4. The number of cyclic esters (lactones) is 1. The summed E-state index contributed by atoms with van der Waals surface area (Å²) in [4.78, 5) is 11.8. The van der Waals surface area contributed by atoms with Gasteiger partial charge in [-0.1, -0.05) is 25.5 Å². The smallest absolute Gasteiger partial charge is 0.331 e. The van der Waals surface area contributed by atoms with E-state index in [2.05, 4.69) is 19.9 Å². The van der Waals surface area contributed by atoms with Crippen molar-refractivity contribution in [2.45, 2.75) is 108 Å². The molecule has 212 valence electrons. The number of allylic oxidation sites excluding steroid dienone is 1. The van der Waals surface area contributed by atoms with E-state index in [9.17, 15) is 30.3 Å².